The minimum absolute atomic E-state index is 0.692. The lowest BCUT2D eigenvalue weighted by molar-refractivity contribution is 1.18. The van der Waals surface area contributed by atoms with E-state index in [9.17, 15) is 5.26 Å². The molecule has 4 aromatic rings. The van der Waals surface area contributed by atoms with Gasteiger partial charge in [-0.25, -0.2) is 4.98 Å². The van der Waals surface area contributed by atoms with Crippen molar-refractivity contribution in [2.45, 2.75) is 12.8 Å². The number of nitriles is 1. The van der Waals surface area contributed by atoms with Crippen LogP contribution in [0.15, 0.2) is 72.8 Å². The van der Waals surface area contributed by atoms with E-state index in [0.717, 1.165) is 24.2 Å². The van der Waals surface area contributed by atoms with Gasteiger partial charge in [-0.1, -0.05) is 60.7 Å². The Balaban J connectivity index is 1.68. The molecule has 2 aliphatic rings. The van der Waals surface area contributed by atoms with Crippen LogP contribution in [0.4, 0.5) is 0 Å². The van der Waals surface area contributed by atoms with Crippen LogP contribution < -0.4 is 0 Å². The summed E-state index contributed by atoms with van der Waals surface area (Å²) in [7, 11) is 0. The van der Waals surface area contributed by atoms with Crippen molar-refractivity contribution in [1.82, 2.24) is 4.98 Å². The molecule has 0 aliphatic heterocycles. The summed E-state index contributed by atoms with van der Waals surface area (Å²) in [4.78, 5) is 5.18. The predicted molar refractivity (Wildman–Crippen MR) is 111 cm³/mol. The van der Waals surface area contributed by atoms with Gasteiger partial charge in [0.1, 0.15) is 0 Å². The fourth-order valence-corrected chi connectivity index (χ4v) is 4.71. The molecule has 28 heavy (non-hydrogen) atoms. The molecule has 0 N–H and O–H groups in total. The van der Waals surface area contributed by atoms with Crippen molar-refractivity contribution in [2.75, 3.05) is 0 Å². The van der Waals surface area contributed by atoms with E-state index in [1.807, 2.05) is 12.1 Å². The molecular formula is C26H16N2. The number of hydrogen-bond donors (Lipinski definition) is 0. The van der Waals surface area contributed by atoms with E-state index in [1.54, 1.807) is 0 Å². The van der Waals surface area contributed by atoms with Gasteiger partial charge in [0, 0.05) is 24.0 Å². The lowest BCUT2D eigenvalue weighted by Gasteiger charge is -2.15. The standard InChI is InChI=1S/C26H16N2/c27-15-16-9-11-17(12-10-16)24-22-13-18-5-1-3-7-20(18)25(22)28-26-21-8-4-2-6-19(21)14-23(24)26/h1-12H,13-14H2. The summed E-state index contributed by atoms with van der Waals surface area (Å²) in [6.45, 7) is 0. The van der Waals surface area contributed by atoms with Crippen LogP contribution in [0.1, 0.15) is 27.8 Å². The van der Waals surface area contributed by atoms with Gasteiger partial charge in [0.15, 0.2) is 0 Å². The number of benzene rings is 3. The molecule has 2 aliphatic carbocycles. The first kappa shape index (κ1) is 15.4. The van der Waals surface area contributed by atoms with Gasteiger partial charge in [-0.3, -0.25) is 0 Å². The van der Waals surface area contributed by atoms with E-state index in [2.05, 4.69) is 66.7 Å². The van der Waals surface area contributed by atoms with E-state index >= 15 is 0 Å². The van der Waals surface area contributed by atoms with Crippen LogP contribution in [0.3, 0.4) is 0 Å². The molecule has 0 amide bonds. The van der Waals surface area contributed by atoms with Crippen LogP contribution in [0, 0.1) is 11.3 Å². The van der Waals surface area contributed by atoms with E-state index in [-0.39, 0.29) is 0 Å². The third-order valence-electron chi connectivity index (χ3n) is 5.98. The van der Waals surface area contributed by atoms with Crippen LogP contribution in [0.2, 0.25) is 0 Å². The molecule has 0 fully saturated rings. The van der Waals surface area contributed by atoms with Crippen LogP contribution in [0.5, 0.6) is 0 Å². The highest BCUT2D eigenvalue weighted by Gasteiger charge is 2.31. The van der Waals surface area contributed by atoms with Gasteiger partial charge in [-0.05, 0) is 45.5 Å². The van der Waals surface area contributed by atoms with E-state index < -0.39 is 0 Å². The number of rotatable bonds is 1. The quantitative estimate of drug-likeness (QED) is 0.375. The number of nitrogens with zero attached hydrogens (tertiary/aromatic N) is 2. The minimum atomic E-state index is 0.692. The average Bonchev–Trinajstić information content (AvgIpc) is 3.30. The fraction of sp³-hybridized carbons (Fsp3) is 0.0769. The number of aromatic nitrogens is 1. The topological polar surface area (TPSA) is 36.7 Å². The summed E-state index contributed by atoms with van der Waals surface area (Å²) in [6.07, 6.45) is 1.83. The van der Waals surface area contributed by atoms with Crippen molar-refractivity contribution >= 4 is 0 Å². The molecule has 130 valence electrons. The van der Waals surface area contributed by atoms with Crippen molar-refractivity contribution in [1.29, 1.82) is 5.26 Å². The maximum absolute atomic E-state index is 9.19. The molecular weight excluding hydrogens is 340 g/mol. The fourth-order valence-electron chi connectivity index (χ4n) is 4.71. The zero-order valence-corrected chi connectivity index (χ0v) is 15.2. The molecule has 2 heteroatoms. The molecule has 2 nitrogen and oxygen atoms in total. The summed E-state index contributed by atoms with van der Waals surface area (Å²) >= 11 is 0. The smallest absolute Gasteiger partial charge is 0.0991 e. The molecule has 0 radical (unpaired) electrons. The molecule has 0 bridgehead atoms. The Kier molecular flexibility index (Phi) is 3.10. The van der Waals surface area contributed by atoms with Crippen molar-refractivity contribution < 1.29 is 0 Å². The Morgan fingerprint density at radius 2 is 1.21 bits per heavy atom. The summed E-state index contributed by atoms with van der Waals surface area (Å²) in [5.74, 6) is 0. The molecule has 1 heterocycles. The second-order valence-corrected chi connectivity index (χ2v) is 7.50. The Bertz CT molecular complexity index is 1240. The minimum Gasteiger partial charge on any atom is -0.247 e. The average molecular weight is 356 g/mol. The second kappa shape index (κ2) is 5.65. The molecule has 6 rings (SSSR count). The number of pyridine rings is 1. The SMILES string of the molecule is N#Cc1ccc(-c2c3c(nc4c2Cc2ccccc2-4)-c2ccccc2C3)cc1. The molecule has 3 aromatic carbocycles. The maximum Gasteiger partial charge on any atom is 0.0991 e. The number of fused-ring (bicyclic) bond motifs is 6. The Morgan fingerprint density at radius 3 is 1.75 bits per heavy atom. The van der Waals surface area contributed by atoms with E-state index in [0.29, 0.717) is 5.56 Å². The lowest BCUT2D eigenvalue weighted by Crippen LogP contribution is -1.98. The summed E-state index contributed by atoms with van der Waals surface area (Å²) in [6, 6.07) is 27.4. The normalized spacial score (nSPS) is 12.7. The largest absolute Gasteiger partial charge is 0.247 e. The molecule has 0 saturated heterocycles. The lowest BCUT2D eigenvalue weighted by atomic mass is 9.91. The van der Waals surface area contributed by atoms with Crippen molar-refractivity contribution in [3.63, 3.8) is 0 Å². The van der Waals surface area contributed by atoms with E-state index in [1.165, 1.54) is 44.5 Å². The first-order valence-electron chi connectivity index (χ1n) is 9.56. The summed E-state index contributed by atoms with van der Waals surface area (Å²) in [5.41, 5.74) is 13.2. The van der Waals surface area contributed by atoms with Crippen molar-refractivity contribution in [3.05, 3.63) is 101 Å². The second-order valence-electron chi connectivity index (χ2n) is 7.50. The molecule has 0 saturated carbocycles. The molecule has 1 aromatic heterocycles. The van der Waals surface area contributed by atoms with Crippen molar-refractivity contribution in [2.24, 2.45) is 0 Å². The summed E-state index contributed by atoms with van der Waals surface area (Å²) in [5, 5.41) is 9.19. The van der Waals surface area contributed by atoms with Crippen LogP contribution in [-0.2, 0) is 12.8 Å². The highest BCUT2D eigenvalue weighted by Crippen LogP contribution is 2.48. The van der Waals surface area contributed by atoms with Gasteiger partial charge in [-0.15, -0.1) is 0 Å². The zero-order valence-electron chi connectivity index (χ0n) is 15.2. The van der Waals surface area contributed by atoms with Gasteiger partial charge in [0.05, 0.1) is 23.0 Å². The summed E-state index contributed by atoms with van der Waals surface area (Å²) < 4.78 is 0. The highest BCUT2D eigenvalue weighted by molar-refractivity contribution is 5.91. The van der Waals surface area contributed by atoms with Gasteiger partial charge in [0.25, 0.3) is 0 Å². The van der Waals surface area contributed by atoms with Crippen molar-refractivity contribution in [3.8, 4) is 39.7 Å². The molecule has 0 atom stereocenters. The van der Waals surface area contributed by atoms with Crippen LogP contribution in [0.25, 0.3) is 33.6 Å². The third-order valence-corrected chi connectivity index (χ3v) is 5.98. The Labute approximate surface area is 163 Å². The molecule has 0 spiro atoms. The van der Waals surface area contributed by atoms with Crippen LogP contribution >= 0.6 is 0 Å². The van der Waals surface area contributed by atoms with Gasteiger partial charge < -0.3 is 0 Å². The highest BCUT2D eigenvalue weighted by atomic mass is 14.8. The van der Waals surface area contributed by atoms with E-state index in [4.69, 9.17) is 4.98 Å². The van der Waals surface area contributed by atoms with Gasteiger partial charge in [0.2, 0.25) is 0 Å². The third kappa shape index (κ3) is 2.05. The monoisotopic (exact) mass is 356 g/mol. The Hall–Kier alpha value is -3.70. The zero-order chi connectivity index (χ0) is 18.7. The Morgan fingerprint density at radius 1 is 0.679 bits per heavy atom. The maximum atomic E-state index is 9.19. The van der Waals surface area contributed by atoms with Gasteiger partial charge in [-0.2, -0.15) is 5.26 Å². The first-order chi connectivity index (χ1) is 13.8. The number of hydrogen-bond acceptors (Lipinski definition) is 2. The van der Waals surface area contributed by atoms with Gasteiger partial charge >= 0.3 is 0 Å². The van der Waals surface area contributed by atoms with Crippen LogP contribution in [-0.4, -0.2) is 4.98 Å². The molecule has 0 unspecified atom stereocenters. The predicted octanol–water partition coefficient (Wildman–Crippen LogP) is 5.76. The first-order valence-corrected chi connectivity index (χ1v) is 9.56.